The van der Waals surface area contributed by atoms with Crippen molar-refractivity contribution in [2.24, 2.45) is 0 Å². The van der Waals surface area contributed by atoms with Crippen LogP contribution in [0.4, 0.5) is 5.82 Å². The maximum Gasteiger partial charge on any atom is 0.290 e. The minimum Gasteiger partial charge on any atom is -0.375 e. The number of hydrogen-bond acceptors (Lipinski definition) is 4. The van der Waals surface area contributed by atoms with Gasteiger partial charge in [-0.25, -0.2) is 4.98 Å². The highest BCUT2D eigenvalue weighted by Gasteiger charge is 2.21. The number of nitrogens with one attached hydrogen (secondary N) is 2. The largest absolute Gasteiger partial charge is 0.375 e. The topological polar surface area (TPSA) is 61.0 Å². The third kappa shape index (κ3) is 2.92. The van der Waals surface area contributed by atoms with Gasteiger partial charge in [-0.05, 0) is 31.8 Å². The first-order valence-electron chi connectivity index (χ1n) is 7.24. The van der Waals surface area contributed by atoms with Crippen LogP contribution in [-0.4, -0.2) is 34.0 Å². The van der Waals surface area contributed by atoms with Crippen LogP contribution in [0.3, 0.4) is 0 Å². The van der Waals surface area contributed by atoms with Crippen LogP contribution >= 0.6 is 0 Å². The Morgan fingerprint density at radius 3 is 2.90 bits per heavy atom. The zero-order valence-corrected chi connectivity index (χ0v) is 11.5. The lowest BCUT2D eigenvalue weighted by Gasteiger charge is -2.36. The molecule has 0 radical (unpaired) electrons. The molecule has 0 amide bonds. The van der Waals surface area contributed by atoms with E-state index < -0.39 is 0 Å². The summed E-state index contributed by atoms with van der Waals surface area (Å²) in [5.41, 5.74) is 1.30. The van der Waals surface area contributed by atoms with Crippen LogP contribution in [-0.2, 0) is 0 Å². The Morgan fingerprint density at radius 1 is 1.35 bits per heavy atom. The molecule has 0 spiro atoms. The van der Waals surface area contributed by atoms with Crippen molar-refractivity contribution in [3.8, 4) is 0 Å². The lowest BCUT2D eigenvalue weighted by atomic mass is 10.0. The summed E-state index contributed by atoms with van der Waals surface area (Å²) in [6.45, 7) is 2.09. The summed E-state index contributed by atoms with van der Waals surface area (Å²) in [5, 5.41) is 3.26. The van der Waals surface area contributed by atoms with E-state index in [9.17, 15) is 4.79 Å². The molecule has 5 heteroatoms. The third-order valence-corrected chi connectivity index (χ3v) is 3.94. The van der Waals surface area contributed by atoms with E-state index in [-0.39, 0.29) is 5.56 Å². The van der Waals surface area contributed by atoms with Gasteiger partial charge in [-0.15, -0.1) is 0 Å². The molecule has 1 aliphatic heterocycles. The number of rotatable bonds is 3. The van der Waals surface area contributed by atoms with Gasteiger partial charge in [-0.3, -0.25) is 4.79 Å². The minimum absolute atomic E-state index is 0.143. The average Bonchev–Trinajstić information content (AvgIpc) is 2.51. The number of aromatic nitrogens is 2. The van der Waals surface area contributed by atoms with Crippen molar-refractivity contribution in [3.05, 3.63) is 46.7 Å². The molecule has 2 N–H and O–H groups in total. The van der Waals surface area contributed by atoms with E-state index in [1.165, 1.54) is 5.70 Å². The fourth-order valence-corrected chi connectivity index (χ4v) is 2.81. The van der Waals surface area contributed by atoms with E-state index in [1.54, 1.807) is 12.4 Å². The summed E-state index contributed by atoms with van der Waals surface area (Å²) < 4.78 is 0. The molecule has 1 saturated heterocycles. The van der Waals surface area contributed by atoms with Gasteiger partial charge in [-0.2, -0.15) is 0 Å². The van der Waals surface area contributed by atoms with Gasteiger partial charge < -0.3 is 15.2 Å². The summed E-state index contributed by atoms with van der Waals surface area (Å²) >= 11 is 0. The minimum atomic E-state index is -0.143. The van der Waals surface area contributed by atoms with Gasteiger partial charge >= 0.3 is 0 Å². The first-order valence-corrected chi connectivity index (χ1v) is 7.24. The van der Waals surface area contributed by atoms with Crippen molar-refractivity contribution in [1.82, 2.24) is 14.9 Å². The Labute approximate surface area is 118 Å². The molecule has 2 aliphatic rings. The van der Waals surface area contributed by atoms with Gasteiger partial charge in [0.05, 0.1) is 0 Å². The maximum atomic E-state index is 11.6. The first kappa shape index (κ1) is 13.0. The standard InChI is InChI=1S/C15H20N4O/c20-15-14(16-8-9-17-15)18-12-6-10-19(11-7-12)13-4-2-1-3-5-13/h1-2,4,8-9,12H,3,5-7,10-11H2,(H,16,18)(H,17,20). The quantitative estimate of drug-likeness (QED) is 0.882. The molecular weight excluding hydrogens is 252 g/mol. The molecule has 5 nitrogen and oxygen atoms in total. The van der Waals surface area contributed by atoms with Crippen molar-refractivity contribution < 1.29 is 0 Å². The third-order valence-electron chi connectivity index (χ3n) is 3.94. The number of likely N-dealkylation sites (tertiary alicyclic amines) is 1. The number of hydrogen-bond donors (Lipinski definition) is 2. The van der Waals surface area contributed by atoms with Gasteiger partial charge in [0, 0.05) is 37.2 Å². The molecule has 0 atom stereocenters. The number of nitrogens with zero attached hydrogens (tertiary/aromatic N) is 2. The number of allylic oxidation sites excluding steroid dienone is 4. The Morgan fingerprint density at radius 2 is 2.20 bits per heavy atom. The Hall–Kier alpha value is -2.04. The number of piperidine rings is 1. The molecule has 1 aliphatic carbocycles. The van der Waals surface area contributed by atoms with Crippen molar-refractivity contribution in [2.45, 2.75) is 31.7 Å². The smallest absolute Gasteiger partial charge is 0.290 e. The van der Waals surface area contributed by atoms with Crippen LogP contribution < -0.4 is 10.9 Å². The predicted octanol–water partition coefficient (Wildman–Crippen LogP) is 1.88. The Balaban J connectivity index is 1.56. The average molecular weight is 272 g/mol. The summed E-state index contributed by atoms with van der Waals surface area (Å²) in [5.74, 6) is 0.436. The Kier molecular flexibility index (Phi) is 3.85. The molecule has 0 aromatic carbocycles. The zero-order chi connectivity index (χ0) is 13.8. The summed E-state index contributed by atoms with van der Waals surface area (Å²) in [6, 6.07) is 0.335. The molecule has 0 unspecified atom stereocenters. The summed E-state index contributed by atoms with van der Waals surface area (Å²) in [4.78, 5) is 20.8. The van der Waals surface area contributed by atoms with Crippen LogP contribution in [0.2, 0.25) is 0 Å². The second-order valence-corrected chi connectivity index (χ2v) is 5.30. The van der Waals surface area contributed by atoms with Crippen LogP contribution in [0.5, 0.6) is 0 Å². The predicted molar refractivity (Wildman–Crippen MR) is 79.5 cm³/mol. The van der Waals surface area contributed by atoms with E-state index in [1.807, 2.05) is 0 Å². The van der Waals surface area contributed by atoms with Gasteiger partial charge in [0.15, 0.2) is 5.82 Å². The van der Waals surface area contributed by atoms with Gasteiger partial charge in [0.2, 0.25) is 0 Å². The fraction of sp³-hybridized carbons (Fsp3) is 0.467. The van der Waals surface area contributed by atoms with Gasteiger partial charge in [0.25, 0.3) is 5.56 Å². The first-order chi connectivity index (χ1) is 9.83. The second kappa shape index (κ2) is 5.94. The molecule has 3 rings (SSSR count). The maximum absolute atomic E-state index is 11.6. The van der Waals surface area contributed by atoms with Gasteiger partial charge in [0.1, 0.15) is 0 Å². The SMILES string of the molecule is O=c1[nH]ccnc1NC1CCN(C2=CC=CCC2)CC1. The molecule has 1 fully saturated rings. The van der Waals surface area contributed by atoms with Crippen molar-refractivity contribution in [1.29, 1.82) is 0 Å². The molecule has 1 aromatic rings. The van der Waals surface area contributed by atoms with Crippen LogP contribution in [0.15, 0.2) is 41.1 Å². The van der Waals surface area contributed by atoms with E-state index >= 15 is 0 Å². The number of aromatic amines is 1. The highest BCUT2D eigenvalue weighted by Crippen LogP contribution is 2.22. The molecule has 2 heterocycles. The van der Waals surface area contributed by atoms with Crippen LogP contribution in [0.1, 0.15) is 25.7 Å². The number of H-pyrrole nitrogens is 1. The van der Waals surface area contributed by atoms with E-state index in [2.05, 4.69) is 38.4 Å². The molecular formula is C15H20N4O. The molecule has 0 bridgehead atoms. The molecule has 0 saturated carbocycles. The molecule has 20 heavy (non-hydrogen) atoms. The van der Waals surface area contributed by atoms with E-state index in [0.717, 1.165) is 38.8 Å². The highest BCUT2D eigenvalue weighted by molar-refractivity contribution is 5.32. The van der Waals surface area contributed by atoms with Crippen LogP contribution in [0, 0.1) is 0 Å². The monoisotopic (exact) mass is 272 g/mol. The van der Waals surface area contributed by atoms with Gasteiger partial charge in [-0.1, -0.05) is 12.2 Å². The van der Waals surface area contributed by atoms with E-state index in [0.29, 0.717) is 11.9 Å². The molecule has 106 valence electrons. The molecule has 1 aromatic heterocycles. The number of anilines is 1. The lowest BCUT2D eigenvalue weighted by Crippen LogP contribution is -2.39. The van der Waals surface area contributed by atoms with E-state index in [4.69, 9.17) is 0 Å². The highest BCUT2D eigenvalue weighted by atomic mass is 16.1. The fourth-order valence-electron chi connectivity index (χ4n) is 2.81. The lowest BCUT2D eigenvalue weighted by molar-refractivity contribution is 0.263. The zero-order valence-electron chi connectivity index (χ0n) is 11.5. The second-order valence-electron chi connectivity index (χ2n) is 5.30. The van der Waals surface area contributed by atoms with Crippen molar-refractivity contribution in [3.63, 3.8) is 0 Å². The summed E-state index contributed by atoms with van der Waals surface area (Å²) in [6.07, 6.45) is 14.1. The summed E-state index contributed by atoms with van der Waals surface area (Å²) in [7, 11) is 0. The normalized spacial score (nSPS) is 19.8. The van der Waals surface area contributed by atoms with Crippen LogP contribution in [0.25, 0.3) is 0 Å². The Bertz CT molecular complexity index is 567. The van der Waals surface area contributed by atoms with Crippen molar-refractivity contribution in [2.75, 3.05) is 18.4 Å². The van der Waals surface area contributed by atoms with Crippen molar-refractivity contribution >= 4 is 5.82 Å².